The van der Waals surface area contributed by atoms with E-state index >= 15 is 0 Å². The van der Waals surface area contributed by atoms with Crippen molar-refractivity contribution in [1.29, 1.82) is 0 Å². The first-order chi connectivity index (χ1) is 10.2. The second kappa shape index (κ2) is 5.88. The number of alkyl halides is 3. The number of halogens is 3. The summed E-state index contributed by atoms with van der Waals surface area (Å²) >= 11 is 0. The van der Waals surface area contributed by atoms with Gasteiger partial charge in [-0.1, -0.05) is 18.2 Å². The molecule has 0 aliphatic carbocycles. The second-order valence-corrected chi connectivity index (χ2v) is 6.89. The van der Waals surface area contributed by atoms with Crippen LogP contribution in [-0.4, -0.2) is 42.6 Å². The van der Waals surface area contributed by atoms with Crippen molar-refractivity contribution in [1.82, 2.24) is 4.31 Å². The van der Waals surface area contributed by atoms with Crippen LogP contribution in [0.5, 0.6) is 0 Å². The number of hydrogen-bond acceptors (Lipinski definition) is 3. The number of carboxylic acid groups (broad SMARTS) is 1. The molecule has 1 fully saturated rings. The first-order valence-corrected chi connectivity index (χ1v) is 7.96. The predicted octanol–water partition coefficient (Wildman–Crippen LogP) is 2.10. The molecular weight excluding hydrogens is 323 g/mol. The highest BCUT2D eigenvalue weighted by Crippen LogP contribution is 2.39. The fourth-order valence-electron chi connectivity index (χ4n) is 2.60. The molecule has 1 heterocycles. The van der Waals surface area contributed by atoms with E-state index in [1.165, 1.54) is 24.3 Å². The van der Waals surface area contributed by atoms with Crippen molar-refractivity contribution in [3.63, 3.8) is 0 Å². The number of aliphatic carboxylic acids is 1. The fourth-order valence-corrected chi connectivity index (χ4v) is 4.28. The minimum atomic E-state index is -4.77. The first-order valence-electron chi connectivity index (χ1n) is 6.52. The third-order valence-corrected chi connectivity index (χ3v) is 5.50. The lowest BCUT2D eigenvalue weighted by molar-refractivity contribution is -0.201. The van der Waals surface area contributed by atoms with Crippen molar-refractivity contribution in [2.24, 2.45) is 5.92 Å². The molecule has 1 aliphatic rings. The highest BCUT2D eigenvalue weighted by Gasteiger charge is 2.54. The van der Waals surface area contributed by atoms with E-state index in [1.807, 2.05) is 0 Å². The van der Waals surface area contributed by atoms with Gasteiger partial charge in [-0.3, -0.25) is 4.79 Å². The molecule has 22 heavy (non-hydrogen) atoms. The molecule has 0 spiro atoms. The normalized spacial score (nSPS) is 24.1. The Balaban J connectivity index is 2.46. The van der Waals surface area contributed by atoms with Crippen molar-refractivity contribution in [3.05, 3.63) is 30.3 Å². The summed E-state index contributed by atoms with van der Waals surface area (Å²) in [6.45, 7) is -0.249. The molecule has 9 heteroatoms. The quantitative estimate of drug-likeness (QED) is 0.917. The minimum Gasteiger partial charge on any atom is -0.480 e. The lowest BCUT2D eigenvalue weighted by Gasteiger charge is -2.38. The highest BCUT2D eigenvalue weighted by molar-refractivity contribution is 7.89. The van der Waals surface area contributed by atoms with Crippen LogP contribution in [0.25, 0.3) is 0 Å². The second-order valence-electron chi connectivity index (χ2n) is 5.00. The molecule has 0 bridgehead atoms. The zero-order valence-corrected chi connectivity index (χ0v) is 12.1. The Kier molecular flexibility index (Phi) is 4.48. The smallest absolute Gasteiger partial charge is 0.393 e. The molecule has 0 saturated carbocycles. The summed E-state index contributed by atoms with van der Waals surface area (Å²) in [6, 6.07) is 4.72. The van der Waals surface area contributed by atoms with E-state index in [1.54, 1.807) is 6.07 Å². The summed E-state index contributed by atoms with van der Waals surface area (Å²) in [5, 5.41) is 9.15. The van der Waals surface area contributed by atoms with E-state index in [2.05, 4.69) is 0 Å². The van der Waals surface area contributed by atoms with Gasteiger partial charge < -0.3 is 5.11 Å². The van der Waals surface area contributed by atoms with Gasteiger partial charge in [0.1, 0.15) is 6.04 Å². The van der Waals surface area contributed by atoms with Crippen LogP contribution >= 0.6 is 0 Å². The molecule has 5 nitrogen and oxygen atoms in total. The van der Waals surface area contributed by atoms with Crippen molar-refractivity contribution in [2.75, 3.05) is 6.54 Å². The molecule has 1 saturated heterocycles. The van der Waals surface area contributed by atoms with Crippen LogP contribution in [-0.2, 0) is 14.8 Å². The van der Waals surface area contributed by atoms with E-state index in [0.717, 1.165) is 0 Å². The molecule has 0 amide bonds. The summed E-state index contributed by atoms with van der Waals surface area (Å²) < 4.78 is 64.5. The van der Waals surface area contributed by atoms with Gasteiger partial charge in [0.15, 0.2) is 0 Å². The maximum absolute atomic E-state index is 13.0. The molecule has 122 valence electrons. The number of benzene rings is 1. The molecule has 2 atom stereocenters. The van der Waals surface area contributed by atoms with Gasteiger partial charge in [0.25, 0.3) is 0 Å². The molecule has 1 aromatic carbocycles. The van der Waals surface area contributed by atoms with Gasteiger partial charge in [0, 0.05) is 6.54 Å². The Bertz CT molecular complexity index is 645. The minimum absolute atomic E-state index is 0.0416. The molecule has 0 unspecified atom stereocenters. The number of hydrogen-bond donors (Lipinski definition) is 1. The van der Waals surface area contributed by atoms with Gasteiger partial charge in [-0.05, 0) is 25.0 Å². The van der Waals surface area contributed by atoms with E-state index in [4.69, 9.17) is 5.11 Å². The van der Waals surface area contributed by atoms with Crippen LogP contribution in [0.4, 0.5) is 13.2 Å². The van der Waals surface area contributed by atoms with Crippen LogP contribution in [0, 0.1) is 5.92 Å². The largest absolute Gasteiger partial charge is 0.480 e. The van der Waals surface area contributed by atoms with Gasteiger partial charge in [-0.2, -0.15) is 17.5 Å². The average molecular weight is 337 g/mol. The maximum Gasteiger partial charge on any atom is 0.393 e. The van der Waals surface area contributed by atoms with E-state index < -0.39 is 40.5 Å². The summed E-state index contributed by atoms with van der Waals surface area (Å²) in [5.74, 6) is -4.00. The number of piperidine rings is 1. The van der Waals surface area contributed by atoms with Gasteiger partial charge in [0.2, 0.25) is 10.0 Å². The van der Waals surface area contributed by atoms with Gasteiger partial charge in [-0.25, -0.2) is 8.42 Å². The highest BCUT2D eigenvalue weighted by atomic mass is 32.2. The number of sulfonamides is 1. The average Bonchev–Trinajstić information content (AvgIpc) is 2.46. The van der Waals surface area contributed by atoms with Crippen LogP contribution in [0.2, 0.25) is 0 Å². The van der Waals surface area contributed by atoms with E-state index in [9.17, 15) is 26.4 Å². The fraction of sp³-hybridized carbons (Fsp3) is 0.462. The Morgan fingerprint density at radius 3 is 2.32 bits per heavy atom. The Labute approximate surface area is 125 Å². The lowest BCUT2D eigenvalue weighted by Crippen LogP contribution is -2.56. The standard InChI is InChI=1S/C13H14F3NO4S/c14-13(15,16)10-7-4-8-17(11(10)12(18)19)22(20,21)9-5-2-1-3-6-9/h1-3,5-6,10-11H,4,7-8H2,(H,18,19)/t10-,11+/m1/s1. The van der Waals surface area contributed by atoms with Gasteiger partial charge >= 0.3 is 12.1 Å². The summed E-state index contributed by atoms with van der Waals surface area (Å²) in [6.07, 6.45) is -5.21. The Morgan fingerprint density at radius 2 is 1.82 bits per heavy atom. The summed E-state index contributed by atoms with van der Waals surface area (Å²) in [4.78, 5) is 11.1. The van der Waals surface area contributed by atoms with Crippen LogP contribution in [0.3, 0.4) is 0 Å². The van der Waals surface area contributed by atoms with Gasteiger partial charge in [-0.15, -0.1) is 0 Å². The predicted molar refractivity (Wildman–Crippen MR) is 70.5 cm³/mol. The zero-order valence-electron chi connectivity index (χ0n) is 11.3. The molecular formula is C13H14F3NO4S. The van der Waals surface area contributed by atoms with Crippen LogP contribution < -0.4 is 0 Å². The molecule has 2 rings (SSSR count). The van der Waals surface area contributed by atoms with E-state index in [0.29, 0.717) is 4.31 Å². The topological polar surface area (TPSA) is 74.7 Å². The molecule has 0 radical (unpaired) electrons. The summed E-state index contributed by atoms with van der Waals surface area (Å²) in [5.41, 5.74) is 0. The molecule has 1 aromatic rings. The van der Waals surface area contributed by atoms with Crippen LogP contribution in [0.1, 0.15) is 12.8 Å². The van der Waals surface area contributed by atoms with Crippen molar-refractivity contribution >= 4 is 16.0 Å². The number of carbonyl (C=O) groups is 1. The van der Waals surface area contributed by atoms with Crippen molar-refractivity contribution in [2.45, 2.75) is 30.0 Å². The maximum atomic E-state index is 13.0. The number of carboxylic acids is 1. The Hall–Kier alpha value is -1.61. The van der Waals surface area contributed by atoms with Crippen molar-refractivity contribution in [3.8, 4) is 0 Å². The lowest BCUT2D eigenvalue weighted by atomic mass is 9.90. The Morgan fingerprint density at radius 1 is 1.23 bits per heavy atom. The molecule has 1 N–H and O–H groups in total. The first kappa shape index (κ1) is 16.8. The van der Waals surface area contributed by atoms with Crippen molar-refractivity contribution < 1.29 is 31.5 Å². The van der Waals surface area contributed by atoms with Crippen LogP contribution in [0.15, 0.2) is 35.2 Å². The monoisotopic (exact) mass is 337 g/mol. The SMILES string of the molecule is O=C(O)[C@@H]1[C@H](C(F)(F)F)CCCN1S(=O)(=O)c1ccccc1. The zero-order chi connectivity index (χ0) is 16.5. The molecule has 1 aliphatic heterocycles. The third-order valence-electron chi connectivity index (χ3n) is 3.61. The third kappa shape index (κ3) is 3.09. The molecule has 0 aromatic heterocycles. The summed E-state index contributed by atoms with van der Waals surface area (Å²) in [7, 11) is -4.30. The van der Waals surface area contributed by atoms with Gasteiger partial charge in [0.05, 0.1) is 10.8 Å². The number of nitrogens with zero attached hydrogens (tertiary/aromatic N) is 1. The van der Waals surface area contributed by atoms with E-state index in [-0.39, 0.29) is 17.9 Å². The number of rotatable bonds is 3.